The summed E-state index contributed by atoms with van der Waals surface area (Å²) in [5.74, 6) is 0.147. The van der Waals surface area contributed by atoms with E-state index in [0.29, 0.717) is 6.54 Å². The summed E-state index contributed by atoms with van der Waals surface area (Å²) < 4.78 is 0. The van der Waals surface area contributed by atoms with Crippen LogP contribution in [-0.4, -0.2) is 30.4 Å². The Hall–Kier alpha value is -2.13. The van der Waals surface area contributed by atoms with Crippen LogP contribution < -0.4 is 5.32 Å². The van der Waals surface area contributed by atoms with Crippen LogP contribution in [0.25, 0.3) is 0 Å². The van der Waals surface area contributed by atoms with Gasteiger partial charge in [-0.1, -0.05) is 54.6 Å². The van der Waals surface area contributed by atoms with Crippen molar-refractivity contribution in [3.05, 3.63) is 71.3 Å². The van der Waals surface area contributed by atoms with Crippen molar-refractivity contribution < 1.29 is 4.79 Å². The molecule has 0 atom stereocenters. The third-order valence-corrected chi connectivity index (χ3v) is 5.37. The molecule has 2 aromatic carbocycles. The molecule has 1 heterocycles. The molecule has 2 aromatic rings. The lowest BCUT2D eigenvalue weighted by atomic mass is 9.86. The first-order chi connectivity index (χ1) is 11.8. The third kappa shape index (κ3) is 2.96. The molecule has 3 heteroatoms. The quantitative estimate of drug-likeness (QED) is 0.939. The molecule has 1 aliphatic carbocycles. The number of nitrogens with one attached hydrogen (secondary N) is 1. The second-order valence-corrected chi connectivity index (χ2v) is 7.10. The van der Waals surface area contributed by atoms with Crippen molar-refractivity contribution in [2.75, 3.05) is 19.6 Å². The number of carbonyl (C=O) groups excluding carboxylic acids is 1. The zero-order valence-electron chi connectivity index (χ0n) is 14.0. The van der Waals surface area contributed by atoms with E-state index in [9.17, 15) is 4.79 Å². The second kappa shape index (κ2) is 6.40. The standard InChI is InChI=1S/C21H24N2O/c24-20(16-23-12-6-7-13-23)22-21(19-10-2-1-3-11-19)14-17-8-4-5-9-18(17)15-21/h1-5,8-11H,6-7,12-16H2,(H,22,24). The lowest BCUT2D eigenvalue weighted by Crippen LogP contribution is -2.49. The number of rotatable bonds is 4. The molecular formula is C21H24N2O. The third-order valence-electron chi connectivity index (χ3n) is 5.37. The van der Waals surface area contributed by atoms with Gasteiger partial charge in [-0.05, 0) is 42.6 Å². The molecule has 1 N–H and O–H groups in total. The molecule has 1 saturated heterocycles. The normalized spacial score (nSPS) is 19.2. The summed E-state index contributed by atoms with van der Waals surface area (Å²) in [5.41, 5.74) is 3.60. The first kappa shape index (κ1) is 15.4. The number of benzene rings is 2. The fraction of sp³-hybridized carbons (Fsp3) is 0.381. The summed E-state index contributed by atoms with van der Waals surface area (Å²) in [6, 6.07) is 19.0. The number of hydrogen-bond donors (Lipinski definition) is 1. The van der Waals surface area contributed by atoms with Crippen molar-refractivity contribution in [1.82, 2.24) is 10.2 Å². The minimum Gasteiger partial charge on any atom is -0.345 e. The van der Waals surface area contributed by atoms with Gasteiger partial charge in [0.25, 0.3) is 0 Å². The highest BCUT2D eigenvalue weighted by atomic mass is 16.2. The van der Waals surface area contributed by atoms with Gasteiger partial charge < -0.3 is 5.32 Å². The van der Waals surface area contributed by atoms with Crippen molar-refractivity contribution in [2.24, 2.45) is 0 Å². The highest BCUT2D eigenvalue weighted by Crippen LogP contribution is 2.37. The summed E-state index contributed by atoms with van der Waals surface area (Å²) in [6.45, 7) is 2.61. The van der Waals surface area contributed by atoms with Crippen LogP contribution in [0.3, 0.4) is 0 Å². The van der Waals surface area contributed by atoms with E-state index in [0.717, 1.165) is 25.9 Å². The Morgan fingerprint density at radius 1 is 0.917 bits per heavy atom. The van der Waals surface area contributed by atoms with Gasteiger partial charge >= 0.3 is 0 Å². The van der Waals surface area contributed by atoms with Crippen LogP contribution in [0.4, 0.5) is 0 Å². The molecule has 0 aromatic heterocycles. The molecule has 0 radical (unpaired) electrons. The van der Waals surface area contributed by atoms with Gasteiger partial charge in [0.15, 0.2) is 0 Å². The van der Waals surface area contributed by atoms with E-state index in [1.165, 1.54) is 29.5 Å². The predicted octanol–water partition coefficient (Wildman–Crippen LogP) is 2.89. The minimum atomic E-state index is -0.304. The zero-order chi connectivity index (χ0) is 16.4. The van der Waals surface area contributed by atoms with E-state index in [4.69, 9.17) is 0 Å². The molecular weight excluding hydrogens is 296 g/mol. The monoisotopic (exact) mass is 320 g/mol. The van der Waals surface area contributed by atoms with Crippen molar-refractivity contribution in [2.45, 2.75) is 31.2 Å². The van der Waals surface area contributed by atoms with Crippen molar-refractivity contribution in [1.29, 1.82) is 0 Å². The molecule has 2 aliphatic rings. The number of nitrogens with zero attached hydrogens (tertiary/aromatic N) is 1. The van der Waals surface area contributed by atoms with Gasteiger partial charge in [0.2, 0.25) is 5.91 Å². The fourth-order valence-electron chi connectivity index (χ4n) is 4.19. The Balaban J connectivity index is 1.59. The van der Waals surface area contributed by atoms with Gasteiger partial charge in [-0.2, -0.15) is 0 Å². The van der Waals surface area contributed by atoms with E-state index < -0.39 is 0 Å². The Kier molecular flexibility index (Phi) is 4.11. The summed E-state index contributed by atoms with van der Waals surface area (Å²) in [6.07, 6.45) is 4.17. The van der Waals surface area contributed by atoms with E-state index in [-0.39, 0.29) is 11.4 Å². The van der Waals surface area contributed by atoms with E-state index in [1.807, 2.05) is 6.07 Å². The predicted molar refractivity (Wildman–Crippen MR) is 95.8 cm³/mol. The molecule has 1 amide bonds. The lowest BCUT2D eigenvalue weighted by Gasteiger charge is -2.32. The molecule has 3 nitrogen and oxygen atoms in total. The van der Waals surface area contributed by atoms with E-state index >= 15 is 0 Å². The Labute approximate surface area is 143 Å². The highest BCUT2D eigenvalue weighted by Gasteiger charge is 2.40. The van der Waals surface area contributed by atoms with Gasteiger partial charge in [0.05, 0.1) is 12.1 Å². The topological polar surface area (TPSA) is 32.3 Å². The number of carbonyl (C=O) groups is 1. The first-order valence-corrected chi connectivity index (χ1v) is 8.91. The molecule has 1 fully saturated rings. The Morgan fingerprint density at radius 2 is 1.50 bits per heavy atom. The molecule has 0 bridgehead atoms. The zero-order valence-corrected chi connectivity index (χ0v) is 14.0. The number of hydrogen-bond acceptors (Lipinski definition) is 2. The van der Waals surface area contributed by atoms with E-state index in [1.54, 1.807) is 0 Å². The molecule has 1 aliphatic heterocycles. The largest absolute Gasteiger partial charge is 0.345 e. The number of fused-ring (bicyclic) bond motifs is 1. The lowest BCUT2D eigenvalue weighted by molar-refractivity contribution is -0.124. The van der Waals surface area contributed by atoms with Crippen LogP contribution in [0.2, 0.25) is 0 Å². The fourth-order valence-corrected chi connectivity index (χ4v) is 4.19. The van der Waals surface area contributed by atoms with Crippen LogP contribution in [0.15, 0.2) is 54.6 Å². The van der Waals surface area contributed by atoms with Gasteiger partial charge in [-0.3, -0.25) is 9.69 Å². The SMILES string of the molecule is O=C(CN1CCCC1)NC1(c2ccccc2)Cc2ccccc2C1. The second-order valence-electron chi connectivity index (χ2n) is 7.10. The Morgan fingerprint density at radius 3 is 2.12 bits per heavy atom. The van der Waals surface area contributed by atoms with Crippen LogP contribution in [0.5, 0.6) is 0 Å². The summed E-state index contributed by atoms with van der Waals surface area (Å²) in [4.78, 5) is 15.0. The van der Waals surface area contributed by atoms with E-state index in [2.05, 4.69) is 58.7 Å². The number of amides is 1. The summed E-state index contributed by atoms with van der Waals surface area (Å²) in [5, 5.41) is 3.40. The molecule has 0 unspecified atom stereocenters. The minimum absolute atomic E-state index is 0.147. The van der Waals surface area contributed by atoms with Crippen LogP contribution in [-0.2, 0) is 23.2 Å². The van der Waals surface area contributed by atoms with Gasteiger partial charge in [0, 0.05) is 12.8 Å². The van der Waals surface area contributed by atoms with Crippen LogP contribution in [0.1, 0.15) is 29.5 Å². The molecule has 24 heavy (non-hydrogen) atoms. The average molecular weight is 320 g/mol. The maximum absolute atomic E-state index is 12.7. The maximum atomic E-state index is 12.7. The van der Waals surface area contributed by atoms with Crippen molar-refractivity contribution >= 4 is 5.91 Å². The summed E-state index contributed by atoms with van der Waals surface area (Å²) >= 11 is 0. The molecule has 4 rings (SSSR count). The number of likely N-dealkylation sites (tertiary alicyclic amines) is 1. The van der Waals surface area contributed by atoms with Crippen molar-refractivity contribution in [3.8, 4) is 0 Å². The maximum Gasteiger partial charge on any atom is 0.234 e. The molecule has 0 spiro atoms. The van der Waals surface area contributed by atoms with Crippen LogP contribution in [0, 0.1) is 0 Å². The highest BCUT2D eigenvalue weighted by molar-refractivity contribution is 5.79. The van der Waals surface area contributed by atoms with Crippen molar-refractivity contribution in [3.63, 3.8) is 0 Å². The summed E-state index contributed by atoms with van der Waals surface area (Å²) in [7, 11) is 0. The Bertz CT molecular complexity index is 695. The molecule has 124 valence electrons. The average Bonchev–Trinajstić information content (AvgIpc) is 3.23. The smallest absolute Gasteiger partial charge is 0.234 e. The van der Waals surface area contributed by atoms with Gasteiger partial charge in [-0.25, -0.2) is 0 Å². The first-order valence-electron chi connectivity index (χ1n) is 8.91. The van der Waals surface area contributed by atoms with Gasteiger partial charge in [-0.15, -0.1) is 0 Å². The molecule has 0 saturated carbocycles. The van der Waals surface area contributed by atoms with Gasteiger partial charge in [0.1, 0.15) is 0 Å². The van der Waals surface area contributed by atoms with Crippen LogP contribution >= 0.6 is 0 Å².